The lowest BCUT2D eigenvalue weighted by atomic mass is 10.6. The number of halogens is 3. The highest BCUT2D eigenvalue weighted by molar-refractivity contribution is 5.99. The number of hydrogen-bond donors (Lipinski definition) is 2. The molecule has 2 N–H and O–H groups in total. The number of rotatable bonds is 1. The van der Waals surface area contributed by atoms with Gasteiger partial charge >= 0.3 is 12.3 Å². The summed E-state index contributed by atoms with van der Waals surface area (Å²) in [4.78, 5) is 20.5. The molecule has 68 valence electrons. The Balaban J connectivity index is 3.91. The van der Waals surface area contributed by atoms with Crippen molar-refractivity contribution in [2.24, 2.45) is 0 Å². The predicted octanol–water partition coefficient (Wildman–Crippen LogP) is 0.518. The number of carbonyl (C=O) groups excluding carboxylic acids is 2. The van der Waals surface area contributed by atoms with Gasteiger partial charge in [0.2, 0.25) is 0 Å². The van der Waals surface area contributed by atoms with Gasteiger partial charge in [0.05, 0.1) is 0 Å². The van der Waals surface area contributed by atoms with Crippen LogP contribution in [-0.4, -0.2) is 18.2 Å². The third kappa shape index (κ3) is 5.27. The van der Waals surface area contributed by atoms with E-state index < -0.39 is 18.2 Å². The molecule has 0 aromatic rings. The maximum absolute atomic E-state index is 11.4. The lowest BCUT2D eigenvalue weighted by Crippen LogP contribution is -2.45. The Hall–Kier alpha value is -1.53. The van der Waals surface area contributed by atoms with Crippen LogP contribution in [0.25, 0.3) is 0 Å². The van der Waals surface area contributed by atoms with Crippen LogP contribution in [0.1, 0.15) is 0 Å². The standard InChI is InChI=1S/C5H5F3N2O2/c1-2-3(11)9-4(12)10-5(6,7)8/h2H,1H2,(H2,9,10,11,12). The van der Waals surface area contributed by atoms with Crippen LogP contribution in [-0.2, 0) is 4.79 Å². The number of hydrogen-bond acceptors (Lipinski definition) is 2. The molecule has 0 aliphatic heterocycles. The Bertz CT molecular complexity index is 211. The number of imide groups is 1. The monoisotopic (exact) mass is 182 g/mol. The van der Waals surface area contributed by atoms with Gasteiger partial charge in [0, 0.05) is 0 Å². The van der Waals surface area contributed by atoms with Crippen LogP contribution in [0.4, 0.5) is 18.0 Å². The summed E-state index contributed by atoms with van der Waals surface area (Å²) in [5, 5.41) is 1.92. The molecule has 0 bridgehead atoms. The minimum Gasteiger partial charge on any atom is -0.274 e. The van der Waals surface area contributed by atoms with Crippen molar-refractivity contribution in [1.82, 2.24) is 10.6 Å². The van der Waals surface area contributed by atoms with Crippen molar-refractivity contribution >= 4 is 11.9 Å². The van der Waals surface area contributed by atoms with Gasteiger partial charge in [0.15, 0.2) is 0 Å². The minimum atomic E-state index is -4.84. The molecule has 0 aromatic carbocycles. The van der Waals surface area contributed by atoms with Crippen LogP contribution in [0.5, 0.6) is 0 Å². The highest BCUT2D eigenvalue weighted by Crippen LogP contribution is 2.08. The van der Waals surface area contributed by atoms with E-state index in [1.807, 2.05) is 0 Å². The van der Waals surface area contributed by atoms with E-state index in [2.05, 4.69) is 6.58 Å². The second-order valence-electron chi connectivity index (χ2n) is 1.65. The molecule has 0 spiro atoms. The average molecular weight is 182 g/mol. The zero-order valence-corrected chi connectivity index (χ0v) is 5.73. The van der Waals surface area contributed by atoms with Gasteiger partial charge in [-0.05, 0) is 6.08 Å². The first-order chi connectivity index (χ1) is 5.35. The molecule has 0 saturated heterocycles. The van der Waals surface area contributed by atoms with E-state index in [1.165, 1.54) is 5.32 Å². The third-order valence-electron chi connectivity index (χ3n) is 0.677. The number of nitrogens with one attached hydrogen (secondary N) is 2. The first-order valence-corrected chi connectivity index (χ1v) is 2.67. The van der Waals surface area contributed by atoms with Gasteiger partial charge in [-0.1, -0.05) is 6.58 Å². The summed E-state index contributed by atoms with van der Waals surface area (Å²) in [5.41, 5.74) is 0. The Labute approximate surface area is 65.4 Å². The number of carbonyl (C=O) groups is 2. The summed E-state index contributed by atoms with van der Waals surface area (Å²) in [6.07, 6.45) is -4.17. The van der Waals surface area contributed by atoms with Crippen molar-refractivity contribution < 1.29 is 22.8 Å². The highest BCUT2D eigenvalue weighted by atomic mass is 19.4. The molecule has 7 heteroatoms. The van der Waals surface area contributed by atoms with Crippen LogP contribution in [0, 0.1) is 0 Å². The van der Waals surface area contributed by atoms with Crippen LogP contribution >= 0.6 is 0 Å². The smallest absolute Gasteiger partial charge is 0.274 e. The molecule has 4 nitrogen and oxygen atoms in total. The summed E-state index contributed by atoms with van der Waals surface area (Å²) in [6.45, 7) is 2.94. The first kappa shape index (κ1) is 10.5. The van der Waals surface area contributed by atoms with Crippen molar-refractivity contribution in [2.45, 2.75) is 6.30 Å². The summed E-state index contributed by atoms with van der Waals surface area (Å²) < 4.78 is 34.1. The summed E-state index contributed by atoms with van der Waals surface area (Å²) in [6, 6.07) is -1.63. The Morgan fingerprint density at radius 2 is 1.83 bits per heavy atom. The Morgan fingerprint density at radius 3 is 2.17 bits per heavy atom. The molecule has 0 radical (unpaired) electrons. The van der Waals surface area contributed by atoms with Gasteiger partial charge in [-0.25, -0.2) is 10.1 Å². The van der Waals surface area contributed by atoms with Crippen LogP contribution in [0.2, 0.25) is 0 Å². The van der Waals surface area contributed by atoms with Gasteiger partial charge in [-0.2, -0.15) is 13.2 Å². The summed E-state index contributed by atoms with van der Waals surface area (Å²) in [7, 11) is 0. The van der Waals surface area contributed by atoms with Crippen molar-refractivity contribution in [1.29, 1.82) is 0 Å². The van der Waals surface area contributed by atoms with Crippen molar-refractivity contribution in [3.05, 3.63) is 12.7 Å². The maximum atomic E-state index is 11.4. The van der Waals surface area contributed by atoms with E-state index >= 15 is 0 Å². The van der Waals surface area contributed by atoms with Crippen molar-refractivity contribution in [3.63, 3.8) is 0 Å². The van der Waals surface area contributed by atoms with E-state index in [-0.39, 0.29) is 0 Å². The zero-order chi connectivity index (χ0) is 9.78. The van der Waals surface area contributed by atoms with Gasteiger partial charge in [0.1, 0.15) is 0 Å². The molecule has 3 amide bonds. The summed E-state index contributed by atoms with van der Waals surface area (Å²) >= 11 is 0. The molecule has 0 atom stereocenters. The molecular formula is C5H5F3N2O2. The fourth-order valence-electron chi connectivity index (χ4n) is 0.323. The molecule has 0 fully saturated rings. The van der Waals surface area contributed by atoms with Crippen molar-refractivity contribution in [3.8, 4) is 0 Å². The molecular weight excluding hydrogens is 177 g/mol. The first-order valence-electron chi connectivity index (χ1n) is 2.67. The highest BCUT2D eigenvalue weighted by Gasteiger charge is 2.30. The third-order valence-corrected chi connectivity index (χ3v) is 0.677. The van der Waals surface area contributed by atoms with E-state index in [0.717, 1.165) is 0 Å². The van der Waals surface area contributed by atoms with E-state index in [4.69, 9.17) is 0 Å². The second kappa shape index (κ2) is 3.74. The van der Waals surface area contributed by atoms with Crippen molar-refractivity contribution in [2.75, 3.05) is 0 Å². The van der Waals surface area contributed by atoms with Crippen LogP contribution in [0.3, 0.4) is 0 Å². The molecule has 0 aliphatic carbocycles. The minimum absolute atomic E-state index is 0.566. The summed E-state index contributed by atoms with van der Waals surface area (Å²) in [5.74, 6) is -1.00. The van der Waals surface area contributed by atoms with Gasteiger partial charge in [0.25, 0.3) is 5.91 Å². The molecule has 12 heavy (non-hydrogen) atoms. The fraction of sp³-hybridized carbons (Fsp3) is 0.200. The lowest BCUT2D eigenvalue weighted by molar-refractivity contribution is -0.145. The Morgan fingerprint density at radius 1 is 1.33 bits per heavy atom. The van der Waals surface area contributed by atoms with Gasteiger partial charge in [-0.15, -0.1) is 0 Å². The number of alkyl halides is 3. The molecule has 0 unspecified atom stereocenters. The molecule has 0 heterocycles. The molecule has 0 rings (SSSR count). The molecule has 0 aromatic heterocycles. The predicted molar refractivity (Wildman–Crippen MR) is 32.9 cm³/mol. The second-order valence-corrected chi connectivity index (χ2v) is 1.65. The van der Waals surface area contributed by atoms with Crippen LogP contribution in [0.15, 0.2) is 12.7 Å². The van der Waals surface area contributed by atoms with Gasteiger partial charge < -0.3 is 0 Å². The molecule has 0 aliphatic rings. The topological polar surface area (TPSA) is 58.2 Å². The van der Waals surface area contributed by atoms with Crippen LogP contribution < -0.4 is 10.6 Å². The Kier molecular flexibility index (Phi) is 3.27. The lowest BCUT2D eigenvalue weighted by Gasteiger charge is -2.07. The fourth-order valence-corrected chi connectivity index (χ4v) is 0.323. The SMILES string of the molecule is C=CC(=O)NC(=O)NC(F)(F)F. The molecule has 0 saturated carbocycles. The van der Waals surface area contributed by atoms with E-state index in [0.29, 0.717) is 11.4 Å². The van der Waals surface area contributed by atoms with Gasteiger partial charge in [-0.3, -0.25) is 10.1 Å². The van der Waals surface area contributed by atoms with E-state index in [9.17, 15) is 22.8 Å². The number of amides is 3. The maximum Gasteiger partial charge on any atom is 0.485 e. The average Bonchev–Trinajstić information content (AvgIpc) is 1.82. The zero-order valence-electron chi connectivity index (χ0n) is 5.73. The largest absolute Gasteiger partial charge is 0.485 e. The quantitative estimate of drug-likeness (QED) is 0.458. The normalized spacial score (nSPS) is 10.2. The number of urea groups is 1. The van der Waals surface area contributed by atoms with E-state index in [1.54, 1.807) is 0 Å².